The summed E-state index contributed by atoms with van der Waals surface area (Å²) in [5.41, 5.74) is 1.79. The summed E-state index contributed by atoms with van der Waals surface area (Å²) in [4.78, 5) is 16.3. The number of anilines is 1. The van der Waals surface area contributed by atoms with Crippen LogP contribution in [-0.4, -0.2) is 67.4 Å². The third-order valence-electron chi connectivity index (χ3n) is 4.71. The van der Waals surface area contributed by atoms with Crippen LogP contribution in [-0.2, 0) is 4.79 Å². The first-order valence-electron chi connectivity index (χ1n) is 9.43. The molecule has 0 aliphatic carbocycles. The van der Waals surface area contributed by atoms with Gasteiger partial charge < -0.3 is 19.9 Å². The molecule has 0 bridgehead atoms. The van der Waals surface area contributed by atoms with Crippen LogP contribution in [0.5, 0.6) is 5.75 Å². The number of carbonyl (C=O) groups is 1. The molecule has 1 aromatic heterocycles. The molecule has 1 aliphatic rings. The van der Waals surface area contributed by atoms with Gasteiger partial charge in [0.1, 0.15) is 5.75 Å². The number of amides is 1. The van der Waals surface area contributed by atoms with Crippen molar-refractivity contribution in [3.63, 3.8) is 0 Å². The molecule has 0 radical (unpaired) electrons. The molecule has 1 aromatic carbocycles. The van der Waals surface area contributed by atoms with E-state index in [4.69, 9.17) is 4.74 Å². The minimum atomic E-state index is 0.165. The Balaban J connectivity index is 1.64. The van der Waals surface area contributed by atoms with Gasteiger partial charge in [-0.2, -0.15) is 0 Å². The van der Waals surface area contributed by atoms with Crippen molar-refractivity contribution in [2.45, 2.75) is 13.3 Å². The monoisotopic (exact) mass is 369 g/mol. The van der Waals surface area contributed by atoms with Gasteiger partial charge in [0.05, 0.1) is 19.3 Å². The Bertz CT molecular complexity index is 750. The predicted molar refractivity (Wildman–Crippen MR) is 106 cm³/mol. The Morgan fingerprint density at radius 1 is 1.15 bits per heavy atom. The number of carbonyl (C=O) groups excluding carboxylic acids is 1. The van der Waals surface area contributed by atoms with Crippen LogP contribution in [0.1, 0.15) is 13.3 Å². The Morgan fingerprint density at radius 2 is 2.04 bits per heavy atom. The predicted octanol–water partition coefficient (Wildman–Crippen LogP) is 1.80. The zero-order valence-corrected chi connectivity index (χ0v) is 16.0. The number of ether oxygens (including phenoxy) is 1. The topological polar surface area (TPSA) is 70.6 Å². The van der Waals surface area contributed by atoms with E-state index < -0.39 is 0 Å². The number of hydrogen-bond acceptors (Lipinski definition) is 6. The second-order valence-electron chi connectivity index (χ2n) is 6.51. The lowest BCUT2D eigenvalue weighted by molar-refractivity contribution is -0.130. The Kier molecular flexibility index (Phi) is 6.59. The Morgan fingerprint density at radius 3 is 2.78 bits per heavy atom. The third-order valence-corrected chi connectivity index (χ3v) is 4.71. The number of benzene rings is 1. The summed E-state index contributed by atoms with van der Waals surface area (Å²) < 4.78 is 5.27. The first-order chi connectivity index (χ1) is 13.2. The molecule has 0 atom stereocenters. The smallest absolute Gasteiger partial charge is 0.236 e. The van der Waals surface area contributed by atoms with E-state index in [1.807, 2.05) is 48.2 Å². The molecular weight excluding hydrogens is 342 g/mol. The maximum atomic E-state index is 12.2. The van der Waals surface area contributed by atoms with Crippen LogP contribution in [0.2, 0.25) is 0 Å². The van der Waals surface area contributed by atoms with Crippen LogP contribution in [0, 0.1) is 0 Å². The number of rotatable bonds is 6. The fourth-order valence-electron chi connectivity index (χ4n) is 3.17. The summed E-state index contributed by atoms with van der Waals surface area (Å²) in [5.74, 6) is 1.81. The molecule has 7 nitrogen and oxygen atoms in total. The van der Waals surface area contributed by atoms with Gasteiger partial charge in [0.15, 0.2) is 5.82 Å². The molecule has 0 unspecified atom stereocenters. The van der Waals surface area contributed by atoms with E-state index in [0.717, 1.165) is 55.4 Å². The highest BCUT2D eigenvalue weighted by Gasteiger charge is 2.19. The number of aromatic nitrogens is 2. The quantitative estimate of drug-likeness (QED) is 0.837. The van der Waals surface area contributed by atoms with Crippen LogP contribution >= 0.6 is 0 Å². The lowest BCUT2D eigenvalue weighted by Crippen LogP contribution is -2.40. The van der Waals surface area contributed by atoms with E-state index in [2.05, 4.69) is 20.4 Å². The molecule has 1 saturated heterocycles. The highest BCUT2D eigenvalue weighted by Crippen LogP contribution is 2.23. The molecule has 2 heterocycles. The molecule has 27 heavy (non-hydrogen) atoms. The number of hydrogen-bond donors (Lipinski definition) is 1. The SMILES string of the molecule is CCNCC(=O)N1CCCN(c2ccc(-c3cccc(OC)c3)nn2)CC1. The number of methoxy groups -OCH3 is 1. The van der Waals surface area contributed by atoms with Crippen LogP contribution in [0.25, 0.3) is 11.3 Å². The van der Waals surface area contributed by atoms with Gasteiger partial charge in [0, 0.05) is 31.7 Å². The molecule has 7 heteroatoms. The molecule has 1 amide bonds. The zero-order chi connectivity index (χ0) is 19.1. The minimum Gasteiger partial charge on any atom is -0.497 e. The van der Waals surface area contributed by atoms with Gasteiger partial charge in [-0.25, -0.2) is 0 Å². The third kappa shape index (κ3) is 4.95. The van der Waals surface area contributed by atoms with Crippen molar-refractivity contribution in [2.24, 2.45) is 0 Å². The summed E-state index contributed by atoms with van der Waals surface area (Å²) in [6.45, 7) is 6.36. The molecule has 1 N–H and O–H groups in total. The second kappa shape index (κ2) is 9.32. The number of nitrogens with one attached hydrogen (secondary N) is 1. The van der Waals surface area contributed by atoms with Crippen molar-refractivity contribution in [2.75, 3.05) is 51.3 Å². The average Bonchev–Trinajstić information content (AvgIpc) is 2.98. The number of likely N-dealkylation sites (N-methyl/N-ethyl adjacent to an activating group) is 1. The standard InChI is InChI=1S/C20H27N5O2/c1-3-21-15-20(26)25-11-5-10-24(12-13-25)19-9-8-18(22-23-19)16-6-4-7-17(14-16)27-2/h4,6-9,14,21H,3,5,10-13,15H2,1-2H3. The van der Waals surface area contributed by atoms with Gasteiger partial charge in [-0.05, 0) is 37.2 Å². The Labute approximate surface area is 160 Å². The van der Waals surface area contributed by atoms with E-state index in [9.17, 15) is 4.79 Å². The molecular formula is C20H27N5O2. The Hall–Kier alpha value is -2.67. The number of nitrogens with zero attached hydrogens (tertiary/aromatic N) is 4. The van der Waals surface area contributed by atoms with E-state index in [0.29, 0.717) is 13.1 Å². The fraction of sp³-hybridized carbons (Fsp3) is 0.450. The van der Waals surface area contributed by atoms with E-state index >= 15 is 0 Å². The summed E-state index contributed by atoms with van der Waals surface area (Å²) in [5, 5.41) is 11.9. The summed E-state index contributed by atoms with van der Waals surface area (Å²) in [6, 6.07) is 11.8. The van der Waals surface area contributed by atoms with Crippen molar-refractivity contribution >= 4 is 11.7 Å². The first-order valence-corrected chi connectivity index (χ1v) is 9.43. The minimum absolute atomic E-state index is 0.165. The molecule has 2 aromatic rings. The lowest BCUT2D eigenvalue weighted by atomic mass is 10.1. The highest BCUT2D eigenvalue weighted by atomic mass is 16.5. The largest absolute Gasteiger partial charge is 0.497 e. The van der Waals surface area contributed by atoms with Gasteiger partial charge in [-0.1, -0.05) is 19.1 Å². The van der Waals surface area contributed by atoms with Crippen LogP contribution in [0.15, 0.2) is 36.4 Å². The molecule has 0 saturated carbocycles. The average molecular weight is 369 g/mol. The van der Waals surface area contributed by atoms with Crippen molar-refractivity contribution in [3.8, 4) is 17.0 Å². The molecule has 1 aliphatic heterocycles. The van der Waals surface area contributed by atoms with Crippen LogP contribution in [0.3, 0.4) is 0 Å². The van der Waals surface area contributed by atoms with Gasteiger partial charge in [0.2, 0.25) is 5.91 Å². The molecule has 0 spiro atoms. The van der Waals surface area contributed by atoms with Gasteiger partial charge >= 0.3 is 0 Å². The van der Waals surface area contributed by atoms with E-state index in [1.165, 1.54) is 0 Å². The molecule has 144 valence electrons. The maximum Gasteiger partial charge on any atom is 0.236 e. The van der Waals surface area contributed by atoms with Crippen molar-refractivity contribution in [1.29, 1.82) is 0 Å². The fourth-order valence-corrected chi connectivity index (χ4v) is 3.17. The van der Waals surface area contributed by atoms with Gasteiger partial charge in [0.25, 0.3) is 0 Å². The first kappa shape index (κ1) is 19.1. The van der Waals surface area contributed by atoms with Crippen molar-refractivity contribution < 1.29 is 9.53 Å². The van der Waals surface area contributed by atoms with Crippen molar-refractivity contribution in [3.05, 3.63) is 36.4 Å². The second-order valence-corrected chi connectivity index (χ2v) is 6.51. The normalized spacial score (nSPS) is 14.7. The van der Waals surface area contributed by atoms with Crippen LogP contribution < -0.4 is 15.0 Å². The van der Waals surface area contributed by atoms with Gasteiger partial charge in [-0.15, -0.1) is 10.2 Å². The van der Waals surface area contributed by atoms with Crippen molar-refractivity contribution in [1.82, 2.24) is 20.4 Å². The lowest BCUT2D eigenvalue weighted by Gasteiger charge is -2.22. The van der Waals surface area contributed by atoms with E-state index in [1.54, 1.807) is 7.11 Å². The molecule has 1 fully saturated rings. The summed E-state index contributed by atoms with van der Waals surface area (Å²) >= 11 is 0. The van der Waals surface area contributed by atoms with Gasteiger partial charge in [-0.3, -0.25) is 4.79 Å². The van der Waals surface area contributed by atoms with E-state index in [-0.39, 0.29) is 5.91 Å². The summed E-state index contributed by atoms with van der Waals surface area (Å²) in [7, 11) is 1.65. The maximum absolute atomic E-state index is 12.2. The summed E-state index contributed by atoms with van der Waals surface area (Å²) in [6.07, 6.45) is 0.928. The molecule has 3 rings (SSSR count). The van der Waals surface area contributed by atoms with Crippen LogP contribution in [0.4, 0.5) is 5.82 Å². The highest BCUT2D eigenvalue weighted by molar-refractivity contribution is 5.78. The zero-order valence-electron chi connectivity index (χ0n) is 16.0.